The fourth-order valence-electron chi connectivity index (χ4n) is 5.91. The second-order valence-electron chi connectivity index (χ2n) is 13.1. The highest BCUT2D eigenvalue weighted by atomic mass is 16.5. The Labute approximate surface area is 304 Å². The fourth-order valence-corrected chi connectivity index (χ4v) is 5.91. The van der Waals surface area contributed by atoms with Gasteiger partial charge in [0, 0.05) is 27.7 Å². The first-order chi connectivity index (χ1) is 25.0. The molecular weight excluding hydrogens is 676 g/mol. The van der Waals surface area contributed by atoms with E-state index in [9.17, 15) is 28.8 Å². The smallest absolute Gasteiger partial charge is 0.268 e. The van der Waals surface area contributed by atoms with Crippen LogP contribution in [0.1, 0.15) is 91.4 Å². The number of benzene rings is 4. The van der Waals surface area contributed by atoms with Crippen LogP contribution >= 0.6 is 0 Å². The highest BCUT2D eigenvalue weighted by molar-refractivity contribution is 6.32. The number of imide groups is 6. The molecule has 0 unspecified atom stereocenters. The Balaban J connectivity index is 1.10. The number of nitrogens with one attached hydrogen (secondary N) is 2. The quantitative estimate of drug-likeness (QED) is 0.0939. The van der Waals surface area contributed by atoms with Crippen molar-refractivity contribution in [3.05, 3.63) is 154 Å². The summed E-state index contributed by atoms with van der Waals surface area (Å²) in [6.07, 6.45) is 0. The number of ether oxygens (including phenoxy) is 2. The van der Waals surface area contributed by atoms with Crippen LogP contribution in [-0.2, 0) is 15.0 Å². The van der Waals surface area contributed by atoms with Gasteiger partial charge in [0.1, 0.15) is 11.5 Å². The maximum atomic E-state index is 12.8. The topological polar surface area (TPSA) is 175 Å². The number of amides is 6. The van der Waals surface area contributed by atoms with Gasteiger partial charge in [0.05, 0.1) is 22.3 Å². The summed E-state index contributed by atoms with van der Waals surface area (Å²) in [6, 6.07) is 22.7. The zero-order valence-corrected chi connectivity index (χ0v) is 29.2. The molecule has 4 aromatic carbocycles. The van der Waals surface area contributed by atoms with Gasteiger partial charge in [0.2, 0.25) is 11.8 Å². The summed E-state index contributed by atoms with van der Waals surface area (Å²) in [4.78, 5) is 76.8. The van der Waals surface area contributed by atoms with Crippen molar-refractivity contribution in [3.63, 3.8) is 0 Å². The first-order valence-corrected chi connectivity index (χ1v) is 16.2. The van der Waals surface area contributed by atoms with Crippen LogP contribution in [0.2, 0.25) is 0 Å². The van der Waals surface area contributed by atoms with Crippen LogP contribution < -0.4 is 9.47 Å². The zero-order valence-electron chi connectivity index (χ0n) is 29.2. The number of nitrogens with zero attached hydrogens (tertiary/aromatic N) is 2. The van der Waals surface area contributed by atoms with Gasteiger partial charge in [0.15, 0.2) is 0 Å². The van der Waals surface area contributed by atoms with Crippen molar-refractivity contribution in [2.24, 2.45) is 0 Å². The van der Waals surface area contributed by atoms with Crippen molar-refractivity contribution in [1.82, 2.24) is 9.80 Å². The van der Waals surface area contributed by atoms with Gasteiger partial charge in [-0.25, -0.2) is 9.80 Å². The molecule has 0 saturated carbocycles. The van der Waals surface area contributed by atoms with Gasteiger partial charge >= 0.3 is 0 Å². The number of carbonyl (C=O) groups is 6. The van der Waals surface area contributed by atoms with Crippen LogP contribution in [0.4, 0.5) is 0 Å². The molecule has 2 N–H and O–H groups in total. The van der Waals surface area contributed by atoms with Gasteiger partial charge in [-0.2, -0.15) is 0 Å². The summed E-state index contributed by atoms with van der Waals surface area (Å²) in [6.45, 7) is 13.9. The molecule has 0 spiro atoms. The molecule has 53 heavy (non-hydrogen) atoms. The molecule has 2 aliphatic heterocycles. The van der Waals surface area contributed by atoms with Crippen molar-refractivity contribution in [1.29, 1.82) is 10.8 Å². The van der Waals surface area contributed by atoms with Gasteiger partial charge in [-0.15, -0.1) is 0 Å². The SMILES string of the molecule is C=C(C)C(=O)N1C(=O)c2ccc(C(=N)Oc3ccc(C(C)(C)c4ccc(OC(=N)c5ccc6c(c5)C(=O)N(C(=O)C(=C)C)C6=O)cc4)cc3)cc2C1=O. The molecule has 0 atom stereocenters. The van der Waals surface area contributed by atoms with Crippen molar-refractivity contribution in [2.45, 2.75) is 33.1 Å². The minimum Gasteiger partial charge on any atom is -0.439 e. The van der Waals surface area contributed by atoms with Gasteiger partial charge in [-0.3, -0.25) is 39.6 Å². The average Bonchev–Trinajstić information content (AvgIpc) is 3.53. The van der Waals surface area contributed by atoms with Crippen molar-refractivity contribution < 1.29 is 38.2 Å². The van der Waals surface area contributed by atoms with Crippen LogP contribution in [0.3, 0.4) is 0 Å². The molecule has 2 heterocycles. The van der Waals surface area contributed by atoms with Gasteiger partial charge < -0.3 is 9.47 Å². The second kappa shape index (κ2) is 13.2. The molecule has 12 heteroatoms. The van der Waals surface area contributed by atoms with E-state index >= 15 is 0 Å². The molecule has 2 aliphatic rings. The maximum Gasteiger partial charge on any atom is 0.268 e. The van der Waals surface area contributed by atoms with Crippen LogP contribution in [0.5, 0.6) is 11.5 Å². The van der Waals surface area contributed by atoms with E-state index in [1.807, 2.05) is 38.1 Å². The predicted octanol–water partition coefficient (Wildman–Crippen LogP) is 6.22. The van der Waals surface area contributed by atoms with Crippen molar-refractivity contribution in [3.8, 4) is 11.5 Å². The molecule has 0 bridgehead atoms. The second-order valence-corrected chi connectivity index (χ2v) is 13.1. The van der Waals surface area contributed by atoms with Gasteiger partial charge in [-0.05, 0) is 85.6 Å². The number of hydrogen-bond acceptors (Lipinski definition) is 10. The fraction of sp³-hybridized carbons (Fsp3) is 0.122. The van der Waals surface area contributed by atoms with E-state index in [0.29, 0.717) is 21.3 Å². The first-order valence-electron chi connectivity index (χ1n) is 16.2. The summed E-state index contributed by atoms with van der Waals surface area (Å²) in [5, 5.41) is 17.0. The van der Waals surface area contributed by atoms with E-state index in [1.165, 1.54) is 50.2 Å². The van der Waals surface area contributed by atoms with Crippen LogP contribution in [0.25, 0.3) is 0 Å². The molecule has 0 aromatic heterocycles. The molecule has 4 aromatic rings. The first kappa shape index (κ1) is 35.7. The summed E-state index contributed by atoms with van der Waals surface area (Å²) in [5.74, 6) is -4.38. The van der Waals surface area contributed by atoms with Gasteiger partial charge in [0.25, 0.3) is 35.4 Å². The number of carbonyl (C=O) groups excluding carboxylic acids is 6. The normalized spacial score (nSPS) is 13.4. The summed E-state index contributed by atoms with van der Waals surface area (Å²) < 4.78 is 11.5. The van der Waals surface area contributed by atoms with Crippen molar-refractivity contribution >= 4 is 47.2 Å². The van der Waals surface area contributed by atoms with Crippen LogP contribution in [-0.4, -0.2) is 57.0 Å². The summed E-state index contributed by atoms with van der Waals surface area (Å²) in [5.41, 5.74) is 2.09. The third-order valence-electron chi connectivity index (χ3n) is 9.03. The molecular formula is C41H32N4O8. The highest BCUT2D eigenvalue weighted by Gasteiger charge is 2.41. The molecule has 0 aliphatic carbocycles. The predicted molar refractivity (Wildman–Crippen MR) is 193 cm³/mol. The maximum absolute atomic E-state index is 12.8. The Morgan fingerprint density at radius 1 is 0.547 bits per heavy atom. The average molecular weight is 709 g/mol. The van der Waals surface area contributed by atoms with Crippen LogP contribution in [0, 0.1) is 10.8 Å². The minimum absolute atomic E-state index is 0.00276. The summed E-state index contributed by atoms with van der Waals surface area (Å²) in [7, 11) is 0. The lowest BCUT2D eigenvalue weighted by Gasteiger charge is -2.26. The third kappa shape index (κ3) is 6.27. The molecule has 0 saturated heterocycles. The minimum atomic E-state index is -0.782. The lowest BCUT2D eigenvalue weighted by atomic mass is 9.78. The Morgan fingerprint density at radius 2 is 0.868 bits per heavy atom. The zero-order chi connectivity index (χ0) is 38.5. The number of fused-ring (bicyclic) bond motifs is 2. The van der Waals surface area contributed by atoms with E-state index in [2.05, 4.69) is 13.2 Å². The van der Waals surface area contributed by atoms with Gasteiger partial charge in [-0.1, -0.05) is 51.3 Å². The number of rotatable bonds is 8. The Kier molecular flexibility index (Phi) is 8.92. The van der Waals surface area contributed by atoms with Crippen LogP contribution in [0.15, 0.2) is 109 Å². The standard InChI is InChI=1S/C41H32N4O8/c1-21(2)35(46)44-37(48)29-17-7-23(19-31(29)39(44)50)33(42)52-27-13-9-25(10-14-27)41(5,6)26-11-15-28(16-12-26)53-34(43)24-8-18-30-32(20-24)40(51)45(38(30)49)36(47)22(3)4/h7-20,42-43H,1,3H2,2,4-6H3. The Hall–Kier alpha value is -7.08. The van der Waals surface area contributed by atoms with E-state index in [-0.39, 0.29) is 56.3 Å². The monoisotopic (exact) mass is 708 g/mol. The lowest BCUT2D eigenvalue weighted by molar-refractivity contribution is -0.123. The van der Waals surface area contributed by atoms with E-state index in [1.54, 1.807) is 24.3 Å². The summed E-state index contributed by atoms with van der Waals surface area (Å²) >= 11 is 0. The van der Waals surface area contributed by atoms with E-state index in [4.69, 9.17) is 20.3 Å². The van der Waals surface area contributed by atoms with E-state index in [0.717, 1.165) is 11.1 Å². The molecule has 0 fully saturated rings. The molecule has 12 nitrogen and oxygen atoms in total. The Bertz CT molecular complexity index is 2210. The lowest BCUT2D eigenvalue weighted by Crippen LogP contribution is -2.36. The highest BCUT2D eigenvalue weighted by Crippen LogP contribution is 2.34. The molecule has 6 amide bonds. The molecule has 0 radical (unpaired) electrons. The Morgan fingerprint density at radius 3 is 1.19 bits per heavy atom. The molecule has 6 rings (SSSR count). The van der Waals surface area contributed by atoms with E-state index < -0.39 is 40.9 Å². The molecule has 264 valence electrons. The van der Waals surface area contributed by atoms with Crippen molar-refractivity contribution in [2.75, 3.05) is 0 Å². The third-order valence-corrected chi connectivity index (χ3v) is 9.03. The number of hydrogen-bond donors (Lipinski definition) is 2. The largest absolute Gasteiger partial charge is 0.439 e.